The number of rotatable bonds is 8. The molecule has 0 saturated carbocycles. The minimum atomic E-state index is -0.961. The molecular weight excluding hydrogens is 567 g/mol. The first-order valence-corrected chi connectivity index (χ1v) is 14.7. The van der Waals surface area contributed by atoms with Gasteiger partial charge in [0.25, 0.3) is 0 Å². The van der Waals surface area contributed by atoms with Gasteiger partial charge in [-0.3, -0.25) is 4.90 Å². The van der Waals surface area contributed by atoms with E-state index in [0.29, 0.717) is 42.7 Å². The van der Waals surface area contributed by atoms with Crippen LogP contribution in [0.2, 0.25) is 0 Å². The molecule has 2 fully saturated rings. The van der Waals surface area contributed by atoms with Crippen LogP contribution in [-0.4, -0.2) is 75.5 Å². The molecule has 44 heavy (non-hydrogen) atoms. The molecule has 226 valence electrons. The highest BCUT2D eigenvalue weighted by Crippen LogP contribution is 2.35. The highest BCUT2D eigenvalue weighted by molar-refractivity contribution is 5.92. The van der Waals surface area contributed by atoms with Crippen LogP contribution >= 0.6 is 0 Å². The topological polar surface area (TPSA) is 126 Å². The van der Waals surface area contributed by atoms with Crippen LogP contribution in [0.15, 0.2) is 48.5 Å². The summed E-state index contributed by atoms with van der Waals surface area (Å²) in [6, 6.07) is 15.0. The standard InChI is InChI=1S/C32H31FN6O5/c33-25-13-20(15-34)1-2-22(25)19-44-30-6-5-28-31(36-30)38-10-9-37(16-23(38)7-11-43-28)18-29-35-26-4-3-21(32(40)41)14-27(26)39(29)17-24-8-12-42-24/h1-6,13-14,23-24H,7-12,16-19H2,(H,40,41)/t23-,24-/m0/s1. The fourth-order valence-corrected chi connectivity index (χ4v) is 6.06. The van der Waals surface area contributed by atoms with Crippen molar-refractivity contribution in [3.05, 3.63) is 76.9 Å². The number of aromatic carboxylic acids is 1. The monoisotopic (exact) mass is 598 g/mol. The Morgan fingerprint density at radius 1 is 1.11 bits per heavy atom. The van der Waals surface area contributed by atoms with Crippen molar-refractivity contribution in [2.75, 3.05) is 37.7 Å². The molecular formula is C32H31FN6O5. The number of anilines is 1. The molecule has 0 radical (unpaired) electrons. The summed E-state index contributed by atoms with van der Waals surface area (Å²) in [5.41, 5.74) is 2.43. The van der Waals surface area contributed by atoms with Crippen LogP contribution in [0, 0.1) is 17.1 Å². The third kappa shape index (κ3) is 5.52. The molecule has 3 aliphatic heterocycles. The van der Waals surface area contributed by atoms with Crippen LogP contribution < -0.4 is 14.4 Å². The van der Waals surface area contributed by atoms with E-state index in [2.05, 4.69) is 14.4 Å². The number of hydrogen-bond acceptors (Lipinski definition) is 9. The van der Waals surface area contributed by atoms with Gasteiger partial charge >= 0.3 is 5.97 Å². The molecule has 2 saturated heterocycles. The molecule has 0 spiro atoms. The third-order valence-corrected chi connectivity index (χ3v) is 8.54. The van der Waals surface area contributed by atoms with Crippen molar-refractivity contribution in [3.63, 3.8) is 0 Å². The number of nitriles is 1. The highest BCUT2D eigenvalue weighted by Gasteiger charge is 2.33. The van der Waals surface area contributed by atoms with Crippen molar-refractivity contribution in [1.29, 1.82) is 5.26 Å². The second-order valence-corrected chi connectivity index (χ2v) is 11.3. The van der Waals surface area contributed by atoms with Crippen molar-refractivity contribution in [3.8, 4) is 17.7 Å². The summed E-state index contributed by atoms with van der Waals surface area (Å²) in [5, 5.41) is 18.5. The lowest BCUT2D eigenvalue weighted by molar-refractivity contribution is -0.0592. The molecule has 2 aromatic carbocycles. The highest BCUT2D eigenvalue weighted by atomic mass is 19.1. The number of carboxylic acids is 1. The summed E-state index contributed by atoms with van der Waals surface area (Å²) in [7, 11) is 0. The van der Waals surface area contributed by atoms with E-state index in [1.54, 1.807) is 36.4 Å². The smallest absolute Gasteiger partial charge is 0.335 e. The van der Waals surface area contributed by atoms with Crippen molar-refractivity contribution in [2.45, 2.75) is 44.7 Å². The van der Waals surface area contributed by atoms with Gasteiger partial charge in [-0.25, -0.2) is 14.2 Å². The van der Waals surface area contributed by atoms with Crippen LogP contribution in [-0.2, 0) is 24.4 Å². The minimum Gasteiger partial charge on any atom is -0.490 e. The van der Waals surface area contributed by atoms with Gasteiger partial charge in [0.2, 0.25) is 5.88 Å². The molecule has 7 rings (SSSR count). The van der Waals surface area contributed by atoms with Crippen molar-refractivity contribution < 1.29 is 28.5 Å². The Morgan fingerprint density at radius 3 is 2.77 bits per heavy atom. The number of imidazole rings is 1. The van der Waals surface area contributed by atoms with Gasteiger partial charge in [-0.1, -0.05) is 6.07 Å². The van der Waals surface area contributed by atoms with Gasteiger partial charge in [0, 0.05) is 50.3 Å². The maximum atomic E-state index is 14.4. The van der Waals surface area contributed by atoms with E-state index in [1.165, 1.54) is 6.07 Å². The number of nitrogens with zero attached hydrogens (tertiary/aromatic N) is 6. The summed E-state index contributed by atoms with van der Waals surface area (Å²) >= 11 is 0. The van der Waals surface area contributed by atoms with Crippen LogP contribution in [0.5, 0.6) is 11.6 Å². The molecule has 0 unspecified atom stereocenters. The molecule has 4 aromatic rings. The summed E-state index contributed by atoms with van der Waals surface area (Å²) in [4.78, 5) is 26.0. The van der Waals surface area contributed by atoms with Gasteiger partial charge in [-0.15, -0.1) is 0 Å². The SMILES string of the molecule is N#Cc1ccc(COc2ccc3c(n2)N2CCN(Cc4nc5ccc(C(=O)O)cc5n4C[C@@H]4CCO4)C[C@@H]2CCO3)c(F)c1. The van der Waals surface area contributed by atoms with E-state index in [9.17, 15) is 14.3 Å². The molecule has 3 aliphatic rings. The maximum Gasteiger partial charge on any atom is 0.335 e. The number of benzene rings is 2. The lowest BCUT2D eigenvalue weighted by Crippen LogP contribution is -2.53. The number of halogens is 1. The number of pyridine rings is 1. The zero-order valence-electron chi connectivity index (χ0n) is 24.0. The Morgan fingerprint density at radius 2 is 2.00 bits per heavy atom. The first-order chi connectivity index (χ1) is 21.4. The number of carboxylic acid groups (broad SMARTS) is 1. The second kappa shape index (κ2) is 11.7. The summed E-state index contributed by atoms with van der Waals surface area (Å²) in [6.07, 6.45) is 1.88. The summed E-state index contributed by atoms with van der Waals surface area (Å²) in [6.45, 7) is 4.80. The Bertz CT molecular complexity index is 1770. The molecule has 0 bridgehead atoms. The Balaban J connectivity index is 1.08. The molecule has 1 N–H and O–H groups in total. The number of carbonyl (C=O) groups is 1. The van der Waals surface area contributed by atoms with Crippen molar-refractivity contribution in [1.82, 2.24) is 19.4 Å². The van der Waals surface area contributed by atoms with Gasteiger partial charge in [0.15, 0.2) is 11.6 Å². The minimum absolute atomic E-state index is 0.0117. The normalized spacial score (nSPS) is 19.7. The lowest BCUT2D eigenvalue weighted by atomic mass is 10.1. The predicted molar refractivity (Wildman–Crippen MR) is 157 cm³/mol. The summed E-state index contributed by atoms with van der Waals surface area (Å²) in [5.74, 6) is 1.20. The van der Waals surface area contributed by atoms with Gasteiger partial charge in [-0.05, 0) is 42.8 Å². The second-order valence-electron chi connectivity index (χ2n) is 11.3. The van der Waals surface area contributed by atoms with Gasteiger partial charge in [-0.2, -0.15) is 10.2 Å². The zero-order chi connectivity index (χ0) is 30.2. The van der Waals surface area contributed by atoms with Crippen LogP contribution in [0.3, 0.4) is 0 Å². The fourth-order valence-electron chi connectivity index (χ4n) is 6.06. The van der Waals surface area contributed by atoms with E-state index in [4.69, 9.17) is 29.4 Å². The van der Waals surface area contributed by atoms with Gasteiger partial charge in [0.05, 0.1) is 54.0 Å². The Kier molecular flexibility index (Phi) is 7.49. The third-order valence-electron chi connectivity index (χ3n) is 8.54. The molecule has 5 heterocycles. The Hall–Kier alpha value is -4.73. The van der Waals surface area contributed by atoms with Crippen molar-refractivity contribution >= 4 is 22.8 Å². The average Bonchev–Trinajstić information content (AvgIpc) is 3.23. The largest absolute Gasteiger partial charge is 0.490 e. The van der Waals surface area contributed by atoms with Crippen LogP contribution in [0.25, 0.3) is 11.0 Å². The number of fused-ring (bicyclic) bond motifs is 4. The molecule has 0 aliphatic carbocycles. The molecule has 11 nitrogen and oxygen atoms in total. The van der Waals surface area contributed by atoms with E-state index in [-0.39, 0.29) is 29.9 Å². The number of piperazine rings is 1. The molecule has 0 amide bonds. The number of aromatic nitrogens is 3. The fraction of sp³-hybridized carbons (Fsp3) is 0.375. The van der Waals surface area contributed by atoms with Crippen molar-refractivity contribution in [2.24, 2.45) is 0 Å². The van der Waals surface area contributed by atoms with Crippen LogP contribution in [0.1, 0.15) is 40.2 Å². The van der Waals surface area contributed by atoms with Gasteiger partial charge < -0.3 is 28.8 Å². The van der Waals surface area contributed by atoms with E-state index in [0.717, 1.165) is 55.9 Å². The average molecular weight is 599 g/mol. The Labute approximate surface area is 253 Å². The first-order valence-electron chi connectivity index (χ1n) is 14.7. The first kappa shape index (κ1) is 28.1. The number of hydrogen-bond donors (Lipinski definition) is 1. The van der Waals surface area contributed by atoms with E-state index >= 15 is 0 Å². The van der Waals surface area contributed by atoms with E-state index in [1.807, 2.05) is 12.1 Å². The quantitative estimate of drug-likeness (QED) is 0.318. The van der Waals surface area contributed by atoms with Crippen LogP contribution in [0.4, 0.5) is 10.2 Å². The maximum absolute atomic E-state index is 14.4. The molecule has 12 heteroatoms. The summed E-state index contributed by atoms with van der Waals surface area (Å²) < 4.78 is 34.1. The predicted octanol–water partition coefficient (Wildman–Crippen LogP) is 3.98. The molecule has 2 aromatic heterocycles. The van der Waals surface area contributed by atoms with Gasteiger partial charge in [0.1, 0.15) is 18.2 Å². The van der Waals surface area contributed by atoms with E-state index < -0.39 is 11.8 Å². The number of ether oxygens (including phenoxy) is 3. The molecule has 2 atom stereocenters. The lowest BCUT2D eigenvalue weighted by Gasteiger charge is -2.41. The zero-order valence-corrected chi connectivity index (χ0v) is 24.0.